The summed E-state index contributed by atoms with van der Waals surface area (Å²) in [6.07, 6.45) is 1.21. The van der Waals surface area contributed by atoms with Crippen molar-refractivity contribution in [3.05, 3.63) is 39.9 Å². The first-order chi connectivity index (χ1) is 6.74. The maximum absolute atomic E-state index is 10.2. The van der Waals surface area contributed by atoms with E-state index in [1.165, 1.54) is 30.3 Å². The van der Waals surface area contributed by atoms with Crippen LogP contribution >= 0.6 is 0 Å². The predicted octanol–water partition coefficient (Wildman–Crippen LogP) is 2.47. The number of non-ortho nitro benzene ring substituents is 1. The van der Waals surface area contributed by atoms with E-state index in [0.29, 0.717) is 5.56 Å². The standard InChI is InChI=1S/C8H5NO3.C2H6/c10-6-5-7-1-3-8(4-2-7)9(11)12;1-2/h1-5H;1-2H3. The molecule has 4 nitrogen and oxygen atoms in total. The third-order valence-corrected chi connectivity index (χ3v) is 1.33. The lowest BCUT2D eigenvalue weighted by Crippen LogP contribution is -1.86. The molecule has 0 saturated heterocycles. The molecule has 14 heavy (non-hydrogen) atoms. The monoisotopic (exact) mass is 193 g/mol. The first-order valence-corrected chi connectivity index (χ1v) is 4.19. The van der Waals surface area contributed by atoms with Gasteiger partial charge in [0.05, 0.1) is 4.92 Å². The second-order valence-electron chi connectivity index (χ2n) is 2.11. The van der Waals surface area contributed by atoms with Gasteiger partial charge in [0, 0.05) is 18.2 Å². The number of hydrogen-bond donors (Lipinski definition) is 0. The van der Waals surface area contributed by atoms with Crippen molar-refractivity contribution in [2.24, 2.45) is 0 Å². The Morgan fingerprint density at radius 1 is 1.29 bits per heavy atom. The summed E-state index contributed by atoms with van der Waals surface area (Å²) in [5.41, 5.74) is 0.619. The zero-order chi connectivity index (χ0) is 11.0. The Labute approximate surface area is 82.0 Å². The van der Waals surface area contributed by atoms with Crippen LogP contribution in [-0.2, 0) is 4.79 Å². The molecule has 0 aliphatic heterocycles. The quantitative estimate of drug-likeness (QED) is 0.411. The lowest BCUT2D eigenvalue weighted by atomic mass is 10.2. The van der Waals surface area contributed by atoms with Gasteiger partial charge in [-0.25, -0.2) is 4.79 Å². The van der Waals surface area contributed by atoms with Crippen LogP contribution in [0.4, 0.5) is 5.69 Å². The molecule has 1 rings (SSSR count). The zero-order valence-electron chi connectivity index (χ0n) is 8.06. The molecule has 74 valence electrons. The van der Waals surface area contributed by atoms with Crippen LogP contribution in [0.2, 0.25) is 0 Å². The van der Waals surface area contributed by atoms with Gasteiger partial charge in [0.15, 0.2) is 0 Å². The number of benzene rings is 1. The third-order valence-electron chi connectivity index (χ3n) is 1.33. The van der Waals surface area contributed by atoms with Crippen molar-refractivity contribution in [2.75, 3.05) is 0 Å². The fourth-order valence-electron chi connectivity index (χ4n) is 0.760. The van der Waals surface area contributed by atoms with E-state index in [9.17, 15) is 14.9 Å². The SMILES string of the molecule is CC.O=C=Cc1ccc([N+](=O)[O-])cc1. The van der Waals surface area contributed by atoms with Crippen molar-refractivity contribution in [1.82, 2.24) is 0 Å². The number of rotatable bonds is 2. The Bertz CT molecular complexity index is 316. The highest BCUT2D eigenvalue weighted by Gasteiger charge is 2.01. The van der Waals surface area contributed by atoms with Crippen molar-refractivity contribution in [3.63, 3.8) is 0 Å². The van der Waals surface area contributed by atoms with E-state index in [2.05, 4.69) is 0 Å². The molecule has 0 atom stereocenters. The molecule has 4 heteroatoms. The van der Waals surface area contributed by atoms with Crippen molar-refractivity contribution >= 4 is 17.7 Å². The molecular weight excluding hydrogens is 182 g/mol. The molecule has 0 spiro atoms. The summed E-state index contributed by atoms with van der Waals surface area (Å²) >= 11 is 0. The van der Waals surface area contributed by atoms with E-state index in [0.717, 1.165) is 0 Å². The van der Waals surface area contributed by atoms with E-state index < -0.39 is 4.92 Å². The first kappa shape index (κ1) is 12.1. The van der Waals surface area contributed by atoms with Gasteiger partial charge < -0.3 is 0 Å². The topological polar surface area (TPSA) is 60.2 Å². The minimum atomic E-state index is -0.492. The fourth-order valence-corrected chi connectivity index (χ4v) is 0.760. The molecule has 0 radical (unpaired) electrons. The highest BCUT2D eigenvalue weighted by Crippen LogP contribution is 2.11. The molecule has 0 aromatic heterocycles. The van der Waals surface area contributed by atoms with Crippen molar-refractivity contribution < 1.29 is 9.72 Å². The van der Waals surface area contributed by atoms with Gasteiger partial charge in [0.2, 0.25) is 0 Å². The van der Waals surface area contributed by atoms with Crippen molar-refractivity contribution in [2.45, 2.75) is 13.8 Å². The van der Waals surface area contributed by atoms with E-state index in [4.69, 9.17) is 0 Å². The third kappa shape index (κ3) is 3.65. The highest BCUT2D eigenvalue weighted by molar-refractivity contribution is 5.74. The van der Waals surface area contributed by atoms with Gasteiger partial charge in [-0.05, 0) is 17.7 Å². The Hall–Kier alpha value is -1.93. The minimum absolute atomic E-state index is 0.0121. The van der Waals surface area contributed by atoms with Crippen LogP contribution in [0.15, 0.2) is 24.3 Å². The zero-order valence-corrected chi connectivity index (χ0v) is 8.06. The van der Waals surface area contributed by atoms with E-state index >= 15 is 0 Å². The fraction of sp³-hybridized carbons (Fsp3) is 0.200. The number of carbonyl (C=O) groups excluding carboxylic acids is 1. The molecule has 1 aromatic carbocycles. The van der Waals surface area contributed by atoms with Gasteiger partial charge in [-0.2, -0.15) is 0 Å². The molecule has 0 aliphatic carbocycles. The molecular formula is C10H11NO3. The minimum Gasteiger partial charge on any atom is -0.258 e. The molecule has 0 heterocycles. The van der Waals surface area contributed by atoms with Gasteiger partial charge in [-0.1, -0.05) is 13.8 Å². The Morgan fingerprint density at radius 3 is 2.14 bits per heavy atom. The molecule has 0 bridgehead atoms. The van der Waals surface area contributed by atoms with Crippen LogP contribution in [0.1, 0.15) is 19.4 Å². The summed E-state index contributed by atoms with van der Waals surface area (Å²) in [7, 11) is 0. The average molecular weight is 193 g/mol. The molecule has 0 N–H and O–H groups in total. The van der Waals surface area contributed by atoms with Crippen LogP contribution in [0.3, 0.4) is 0 Å². The van der Waals surface area contributed by atoms with E-state index in [1.807, 2.05) is 13.8 Å². The van der Waals surface area contributed by atoms with E-state index in [-0.39, 0.29) is 5.69 Å². The van der Waals surface area contributed by atoms with Crippen LogP contribution in [0.5, 0.6) is 0 Å². The smallest absolute Gasteiger partial charge is 0.258 e. The number of hydrogen-bond acceptors (Lipinski definition) is 3. The number of nitro benzene ring substituents is 1. The normalized spacial score (nSPS) is 7.86. The lowest BCUT2D eigenvalue weighted by Gasteiger charge is -1.90. The Balaban J connectivity index is 0.000000791. The number of nitro groups is 1. The molecule has 0 fully saturated rings. The lowest BCUT2D eigenvalue weighted by molar-refractivity contribution is -0.384. The van der Waals surface area contributed by atoms with E-state index in [1.54, 1.807) is 5.94 Å². The summed E-state index contributed by atoms with van der Waals surface area (Å²) in [5, 5.41) is 10.2. The second kappa shape index (κ2) is 6.57. The number of nitrogens with zero attached hydrogens (tertiary/aromatic N) is 1. The molecule has 0 amide bonds. The highest BCUT2D eigenvalue weighted by atomic mass is 16.6. The molecule has 0 aliphatic rings. The maximum Gasteiger partial charge on any atom is 0.269 e. The van der Waals surface area contributed by atoms with Crippen LogP contribution in [0.25, 0.3) is 6.08 Å². The van der Waals surface area contributed by atoms with Crippen LogP contribution < -0.4 is 0 Å². The molecule has 0 unspecified atom stereocenters. The Morgan fingerprint density at radius 2 is 1.79 bits per heavy atom. The molecule has 1 aromatic rings. The maximum atomic E-state index is 10.2. The van der Waals surface area contributed by atoms with Gasteiger partial charge >= 0.3 is 0 Å². The van der Waals surface area contributed by atoms with Gasteiger partial charge in [0.1, 0.15) is 5.94 Å². The second-order valence-corrected chi connectivity index (χ2v) is 2.11. The van der Waals surface area contributed by atoms with Gasteiger partial charge in [-0.15, -0.1) is 0 Å². The van der Waals surface area contributed by atoms with Crippen molar-refractivity contribution in [3.8, 4) is 0 Å². The first-order valence-electron chi connectivity index (χ1n) is 4.19. The summed E-state index contributed by atoms with van der Waals surface area (Å²) in [6.45, 7) is 4.00. The van der Waals surface area contributed by atoms with Crippen LogP contribution in [-0.4, -0.2) is 10.9 Å². The summed E-state index contributed by atoms with van der Waals surface area (Å²) < 4.78 is 0. The average Bonchev–Trinajstić information content (AvgIpc) is 2.22. The summed E-state index contributed by atoms with van der Waals surface area (Å²) in [5.74, 6) is 1.59. The largest absolute Gasteiger partial charge is 0.269 e. The van der Waals surface area contributed by atoms with Gasteiger partial charge in [0.25, 0.3) is 5.69 Å². The Kier molecular flexibility index (Phi) is 5.67. The predicted molar refractivity (Wildman–Crippen MR) is 54.6 cm³/mol. The summed E-state index contributed by atoms with van der Waals surface area (Å²) in [4.78, 5) is 19.6. The summed E-state index contributed by atoms with van der Waals surface area (Å²) in [6, 6.07) is 5.65. The van der Waals surface area contributed by atoms with Crippen molar-refractivity contribution in [1.29, 1.82) is 0 Å². The van der Waals surface area contributed by atoms with Crippen LogP contribution in [0, 0.1) is 10.1 Å². The molecule has 0 saturated carbocycles. The van der Waals surface area contributed by atoms with Gasteiger partial charge in [-0.3, -0.25) is 10.1 Å².